The molecule has 4 N–H and O–H groups in total. The molecule has 0 saturated heterocycles. The van der Waals surface area contributed by atoms with Gasteiger partial charge in [0.2, 0.25) is 5.96 Å². The van der Waals surface area contributed by atoms with Crippen LogP contribution in [-0.2, 0) is 4.74 Å². The lowest BCUT2D eigenvalue weighted by Crippen LogP contribution is -2.42. The Morgan fingerprint density at radius 1 is 1.53 bits per heavy atom. The number of ether oxygens (including phenoxy) is 1. The maximum absolute atomic E-state index is 5.42. The molecular weight excluding hydrogens is 216 g/mol. The van der Waals surface area contributed by atoms with Crippen LogP contribution in [0.4, 0.5) is 0 Å². The van der Waals surface area contributed by atoms with Crippen molar-refractivity contribution < 1.29 is 4.74 Å². The molecule has 5 heteroatoms. The molecule has 0 amide bonds. The van der Waals surface area contributed by atoms with E-state index in [0.717, 1.165) is 38.6 Å². The summed E-state index contributed by atoms with van der Waals surface area (Å²) in [6.45, 7) is 7.49. The first-order valence-corrected chi connectivity index (χ1v) is 6.60. The summed E-state index contributed by atoms with van der Waals surface area (Å²) in [4.78, 5) is 4.45. The van der Waals surface area contributed by atoms with Crippen LogP contribution in [-0.4, -0.2) is 32.3 Å². The van der Waals surface area contributed by atoms with Crippen LogP contribution in [0.2, 0.25) is 0 Å². The molecule has 0 radical (unpaired) electrons. The second-order valence-electron chi connectivity index (χ2n) is 4.63. The van der Waals surface area contributed by atoms with Gasteiger partial charge in [-0.05, 0) is 38.0 Å². The molecule has 1 fully saturated rings. The molecule has 1 saturated carbocycles. The minimum absolute atomic E-state index is 0.670. The van der Waals surface area contributed by atoms with Crippen LogP contribution < -0.4 is 16.6 Å². The number of hydrogen-bond acceptors (Lipinski definition) is 3. The molecule has 0 aromatic rings. The van der Waals surface area contributed by atoms with E-state index in [0.29, 0.717) is 11.9 Å². The summed E-state index contributed by atoms with van der Waals surface area (Å²) in [5, 5.41) is 3.18. The largest absolute Gasteiger partial charge is 0.382 e. The number of nitrogens with two attached hydrogens (primary N) is 1. The molecule has 1 rings (SSSR count). The fourth-order valence-electron chi connectivity index (χ4n) is 1.73. The van der Waals surface area contributed by atoms with Gasteiger partial charge in [-0.1, -0.05) is 6.92 Å². The van der Waals surface area contributed by atoms with Crippen LogP contribution in [0.25, 0.3) is 0 Å². The Morgan fingerprint density at radius 3 is 2.88 bits per heavy atom. The monoisotopic (exact) mass is 242 g/mol. The summed E-state index contributed by atoms with van der Waals surface area (Å²) in [6, 6.07) is 0. The third kappa shape index (κ3) is 6.48. The molecular formula is C12H26N4O. The van der Waals surface area contributed by atoms with E-state index < -0.39 is 0 Å². The van der Waals surface area contributed by atoms with Gasteiger partial charge >= 0.3 is 0 Å². The maximum atomic E-state index is 5.42. The Balaban J connectivity index is 2.10. The quantitative estimate of drug-likeness (QED) is 0.194. The number of nitrogens with one attached hydrogen (secondary N) is 2. The zero-order chi connectivity index (χ0) is 12.5. The Kier molecular flexibility index (Phi) is 6.96. The minimum atomic E-state index is 0.670. The molecule has 17 heavy (non-hydrogen) atoms. The smallest absolute Gasteiger partial charge is 0.205 e. The lowest BCUT2D eigenvalue weighted by molar-refractivity contribution is 0.145. The summed E-state index contributed by atoms with van der Waals surface area (Å²) >= 11 is 0. The molecule has 0 aromatic carbocycles. The predicted molar refractivity (Wildman–Crippen MR) is 70.6 cm³/mol. The van der Waals surface area contributed by atoms with E-state index in [1.165, 1.54) is 12.8 Å². The van der Waals surface area contributed by atoms with Crippen molar-refractivity contribution in [1.82, 2.24) is 10.7 Å². The zero-order valence-corrected chi connectivity index (χ0v) is 11.0. The fourth-order valence-corrected chi connectivity index (χ4v) is 1.73. The molecule has 0 heterocycles. The van der Waals surface area contributed by atoms with Gasteiger partial charge in [0.05, 0.1) is 0 Å². The van der Waals surface area contributed by atoms with Gasteiger partial charge in [-0.25, -0.2) is 5.84 Å². The third-order valence-corrected chi connectivity index (χ3v) is 3.06. The second-order valence-corrected chi connectivity index (χ2v) is 4.63. The summed E-state index contributed by atoms with van der Waals surface area (Å²) in [6.07, 6.45) is 3.69. The number of nitrogens with zero attached hydrogens (tertiary/aromatic N) is 1. The molecule has 1 unspecified atom stereocenters. The first kappa shape index (κ1) is 14.3. The highest BCUT2D eigenvalue weighted by Gasteiger charge is 2.27. The van der Waals surface area contributed by atoms with Gasteiger partial charge in [-0.3, -0.25) is 10.4 Å². The lowest BCUT2D eigenvalue weighted by Gasteiger charge is -2.11. The van der Waals surface area contributed by atoms with E-state index in [1.807, 2.05) is 6.92 Å². The van der Waals surface area contributed by atoms with Crippen LogP contribution in [0.5, 0.6) is 0 Å². The average molecular weight is 242 g/mol. The molecule has 0 bridgehead atoms. The van der Waals surface area contributed by atoms with E-state index in [2.05, 4.69) is 22.7 Å². The van der Waals surface area contributed by atoms with E-state index >= 15 is 0 Å². The van der Waals surface area contributed by atoms with E-state index in [1.54, 1.807) is 0 Å². The fraction of sp³-hybridized carbons (Fsp3) is 0.917. The minimum Gasteiger partial charge on any atom is -0.382 e. The molecule has 0 spiro atoms. The number of guanidine groups is 1. The van der Waals surface area contributed by atoms with Gasteiger partial charge in [0.25, 0.3) is 0 Å². The van der Waals surface area contributed by atoms with Crippen molar-refractivity contribution in [2.75, 3.05) is 26.3 Å². The highest BCUT2D eigenvalue weighted by atomic mass is 16.5. The summed E-state index contributed by atoms with van der Waals surface area (Å²) in [5.74, 6) is 7.66. The van der Waals surface area contributed by atoms with Gasteiger partial charge in [0.15, 0.2) is 0 Å². The first-order valence-electron chi connectivity index (χ1n) is 6.60. The molecule has 5 nitrogen and oxygen atoms in total. The van der Waals surface area contributed by atoms with E-state index in [-0.39, 0.29) is 0 Å². The van der Waals surface area contributed by atoms with Crippen molar-refractivity contribution in [3.63, 3.8) is 0 Å². The van der Waals surface area contributed by atoms with Crippen molar-refractivity contribution >= 4 is 5.96 Å². The third-order valence-electron chi connectivity index (χ3n) is 3.06. The predicted octanol–water partition coefficient (Wildman–Crippen LogP) is 0.868. The van der Waals surface area contributed by atoms with E-state index in [4.69, 9.17) is 10.6 Å². The number of hydrazine groups is 1. The summed E-state index contributed by atoms with van der Waals surface area (Å²) in [5.41, 5.74) is 2.61. The second kappa shape index (κ2) is 8.31. The topological polar surface area (TPSA) is 71.7 Å². The molecule has 0 aliphatic heterocycles. The van der Waals surface area contributed by atoms with Crippen LogP contribution in [0, 0.1) is 11.8 Å². The van der Waals surface area contributed by atoms with Gasteiger partial charge in [0, 0.05) is 26.3 Å². The highest BCUT2D eigenvalue weighted by Crippen LogP contribution is 2.36. The van der Waals surface area contributed by atoms with Gasteiger partial charge < -0.3 is 10.1 Å². The molecule has 1 atom stereocenters. The normalized spacial score (nSPS) is 17.9. The Morgan fingerprint density at radius 2 is 2.29 bits per heavy atom. The van der Waals surface area contributed by atoms with Crippen LogP contribution in [0.1, 0.15) is 33.1 Å². The number of rotatable bonds is 8. The Bertz CT molecular complexity index is 229. The number of hydrogen-bond donors (Lipinski definition) is 3. The molecule has 0 aromatic heterocycles. The van der Waals surface area contributed by atoms with Crippen molar-refractivity contribution in [2.45, 2.75) is 33.1 Å². The van der Waals surface area contributed by atoms with Crippen LogP contribution in [0.15, 0.2) is 4.99 Å². The molecule has 1 aliphatic rings. The average Bonchev–Trinajstić information content (AvgIpc) is 3.16. The first-order chi connectivity index (χ1) is 8.27. The molecule has 100 valence electrons. The Hall–Kier alpha value is -0.810. The van der Waals surface area contributed by atoms with Crippen molar-refractivity contribution in [2.24, 2.45) is 22.7 Å². The van der Waals surface area contributed by atoms with Gasteiger partial charge in [-0.15, -0.1) is 0 Å². The Labute approximate surface area is 104 Å². The van der Waals surface area contributed by atoms with Crippen LogP contribution >= 0.6 is 0 Å². The number of aliphatic imine (C=N–C) groups is 1. The van der Waals surface area contributed by atoms with E-state index in [9.17, 15) is 0 Å². The summed E-state index contributed by atoms with van der Waals surface area (Å²) < 4.78 is 5.26. The van der Waals surface area contributed by atoms with Crippen LogP contribution in [0.3, 0.4) is 0 Å². The van der Waals surface area contributed by atoms with Crippen molar-refractivity contribution in [3.8, 4) is 0 Å². The molecule has 1 aliphatic carbocycles. The SMILES string of the molecule is CCOCCCNC(=NCC(C)C1CC1)NN. The summed E-state index contributed by atoms with van der Waals surface area (Å²) in [7, 11) is 0. The van der Waals surface area contributed by atoms with Gasteiger partial charge in [0.1, 0.15) is 0 Å². The maximum Gasteiger partial charge on any atom is 0.205 e. The van der Waals surface area contributed by atoms with Crippen molar-refractivity contribution in [3.05, 3.63) is 0 Å². The lowest BCUT2D eigenvalue weighted by atomic mass is 10.1. The highest BCUT2D eigenvalue weighted by molar-refractivity contribution is 5.79. The van der Waals surface area contributed by atoms with Crippen molar-refractivity contribution in [1.29, 1.82) is 0 Å². The zero-order valence-electron chi connectivity index (χ0n) is 11.0. The standard InChI is InChI=1S/C12H26N4O/c1-3-17-8-4-7-14-12(16-13)15-9-10(2)11-5-6-11/h10-11H,3-9,13H2,1-2H3,(H2,14,15,16). The van der Waals surface area contributed by atoms with Gasteiger partial charge in [-0.2, -0.15) is 0 Å².